The number of alkyl halides is 3. The van der Waals surface area contributed by atoms with Crippen molar-refractivity contribution in [3.63, 3.8) is 0 Å². The summed E-state index contributed by atoms with van der Waals surface area (Å²) in [6.45, 7) is 9.92. The third kappa shape index (κ3) is 5.83. The largest absolute Gasteiger partial charge is 0.456 e. The van der Waals surface area contributed by atoms with Gasteiger partial charge in [-0.25, -0.2) is 0 Å². The second-order valence-corrected chi connectivity index (χ2v) is 6.19. The lowest BCUT2D eigenvalue weighted by molar-refractivity contribution is -0.195. The van der Waals surface area contributed by atoms with E-state index in [1.54, 1.807) is 6.92 Å². The van der Waals surface area contributed by atoms with Crippen molar-refractivity contribution in [3.05, 3.63) is 0 Å². The molecule has 0 amide bonds. The molecule has 0 bridgehead atoms. The van der Waals surface area contributed by atoms with Crippen LogP contribution in [0, 0.1) is 23.2 Å². The minimum Gasteiger partial charge on any atom is -0.456 e. The van der Waals surface area contributed by atoms with Crippen molar-refractivity contribution < 1.29 is 22.7 Å². The average molecular weight is 282 g/mol. The summed E-state index contributed by atoms with van der Waals surface area (Å²) >= 11 is 0. The smallest absolute Gasteiger partial charge is 0.422 e. The Morgan fingerprint density at radius 2 is 1.58 bits per heavy atom. The highest BCUT2D eigenvalue weighted by atomic mass is 19.4. The molecule has 5 heteroatoms. The number of carbonyl (C=O) groups is 1. The third-order valence-electron chi connectivity index (χ3n) is 3.99. The first kappa shape index (κ1) is 18.3. The summed E-state index contributed by atoms with van der Waals surface area (Å²) in [6, 6.07) is 0. The quantitative estimate of drug-likeness (QED) is 0.673. The van der Waals surface area contributed by atoms with Gasteiger partial charge >= 0.3 is 12.1 Å². The van der Waals surface area contributed by atoms with Gasteiger partial charge in [-0.05, 0) is 31.1 Å². The Labute approximate surface area is 113 Å². The fraction of sp³-hybridized carbons (Fsp3) is 0.929. The van der Waals surface area contributed by atoms with E-state index < -0.39 is 24.2 Å². The van der Waals surface area contributed by atoms with Crippen molar-refractivity contribution in [1.82, 2.24) is 0 Å². The molecular weight excluding hydrogens is 257 g/mol. The first-order valence-electron chi connectivity index (χ1n) is 6.64. The van der Waals surface area contributed by atoms with E-state index in [2.05, 4.69) is 4.74 Å². The van der Waals surface area contributed by atoms with Crippen LogP contribution in [0.25, 0.3) is 0 Å². The Morgan fingerprint density at radius 1 is 1.11 bits per heavy atom. The van der Waals surface area contributed by atoms with E-state index in [4.69, 9.17) is 0 Å². The highest BCUT2D eigenvalue weighted by Crippen LogP contribution is 2.38. The summed E-state index contributed by atoms with van der Waals surface area (Å²) in [6.07, 6.45) is -3.95. The van der Waals surface area contributed by atoms with Gasteiger partial charge in [0.25, 0.3) is 0 Å². The lowest BCUT2D eigenvalue weighted by atomic mass is 9.71. The summed E-state index contributed by atoms with van der Waals surface area (Å²) < 4.78 is 40.8. The van der Waals surface area contributed by atoms with Crippen LogP contribution in [-0.2, 0) is 9.53 Å². The average Bonchev–Trinajstić information content (AvgIpc) is 2.23. The van der Waals surface area contributed by atoms with Gasteiger partial charge in [-0.2, -0.15) is 13.2 Å². The zero-order valence-corrected chi connectivity index (χ0v) is 12.6. The molecule has 0 radical (unpaired) electrons. The summed E-state index contributed by atoms with van der Waals surface area (Å²) in [5.41, 5.74) is -0.880. The fourth-order valence-electron chi connectivity index (χ4n) is 1.77. The van der Waals surface area contributed by atoms with Gasteiger partial charge in [-0.3, -0.25) is 4.79 Å². The Kier molecular flexibility index (Phi) is 6.36. The van der Waals surface area contributed by atoms with Crippen LogP contribution in [0.3, 0.4) is 0 Å². The van der Waals surface area contributed by atoms with E-state index in [0.717, 1.165) is 0 Å². The third-order valence-corrected chi connectivity index (χ3v) is 3.99. The molecule has 0 aromatic heterocycles. The molecule has 0 aliphatic rings. The van der Waals surface area contributed by atoms with Gasteiger partial charge in [-0.1, -0.05) is 34.6 Å². The van der Waals surface area contributed by atoms with Crippen LogP contribution in [0.1, 0.15) is 48.0 Å². The number of halogens is 3. The first-order valence-corrected chi connectivity index (χ1v) is 6.64. The number of hydrogen-bond acceptors (Lipinski definition) is 2. The molecule has 0 saturated carbocycles. The van der Waals surface area contributed by atoms with Gasteiger partial charge in [0.05, 0.1) is 5.41 Å². The zero-order valence-electron chi connectivity index (χ0n) is 12.6. The number of esters is 1. The van der Waals surface area contributed by atoms with Crippen LogP contribution < -0.4 is 0 Å². The molecule has 0 aromatic rings. The minimum atomic E-state index is -4.47. The van der Waals surface area contributed by atoms with Crippen LogP contribution in [-0.4, -0.2) is 18.8 Å². The summed E-state index contributed by atoms with van der Waals surface area (Å²) in [5, 5.41) is 0. The normalized spacial score (nSPS) is 17.4. The zero-order chi connectivity index (χ0) is 15.4. The van der Waals surface area contributed by atoms with Crippen molar-refractivity contribution in [2.45, 2.75) is 54.1 Å². The van der Waals surface area contributed by atoms with Crippen LogP contribution in [0.2, 0.25) is 0 Å². The highest BCUT2D eigenvalue weighted by molar-refractivity contribution is 5.76. The summed E-state index contributed by atoms with van der Waals surface area (Å²) in [7, 11) is 0. The lowest BCUT2D eigenvalue weighted by Crippen LogP contribution is -2.39. The number of carbonyl (C=O) groups excluding carboxylic acids is 1. The topological polar surface area (TPSA) is 26.3 Å². The van der Waals surface area contributed by atoms with Gasteiger partial charge < -0.3 is 4.74 Å². The van der Waals surface area contributed by atoms with Crippen molar-refractivity contribution in [1.29, 1.82) is 0 Å². The van der Waals surface area contributed by atoms with E-state index in [9.17, 15) is 18.0 Å². The minimum absolute atomic E-state index is 0.0746. The Hall–Kier alpha value is -0.740. The first-order chi connectivity index (χ1) is 8.40. The van der Waals surface area contributed by atoms with Crippen LogP contribution >= 0.6 is 0 Å². The SMILES string of the molecule is CC(C)C(C)CC(C)(C(=O)OCC(F)(F)F)C(C)C. The van der Waals surface area contributed by atoms with E-state index in [1.807, 2.05) is 34.6 Å². The standard InChI is InChI=1S/C14H25F3O2/c1-9(2)11(5)7-13(6,10(3)4)12(18)19-8-14(15,16)17/h9-11H,7-8H2,1-6H3. The maximum Gasteiger partial charge on any atom is 0.422 e. The van der Waals surface area contributed by atoms with Gasteiger partial charge in [0.15, 0.2) is 6.61 Å². The Bertz CT molecular complexity index is 298. The molecule has 19 heavy (non-hydrogen) atoms. The van der Waals surface area contributed by atoms with Crippen molar-refractivity contribution in [2.24, 2.45) is 23.2 Å². The lowest BCUT2D eigenvalue weighted by Gasteiger charge is -2.35. The number of rotatable bonds is 6. The molecule has 0 N–H and O–H groups in total. The Balaban J connectivity index is 4.83. The van der Waals surface area contributed by atoms with E-state index in [1.165, 1.54) is 0 Å². The molecule has 114 valence electrons. The van der Waals surface area contributed by atoms with Crippen molar-refractivity contribution in [2.75, 3.05) is 6.61 Å². The molecule has 2 nitrogen and oxygen atoms in total. The van der Waals surface area contributed by atoms with Crippen LogP contribution in [0.15, 0.2) is 0 Å². The fourth-order valence-corrected chi connectivity index (χ4v) is 1.77. The molecule has 0 rings (SSSR count). The molecule has 2 atom stereocenters. The molecule has 0 fully saturated rings. The molecule has 0 aliphatic carbocycles. The maximum absolute atomic E-state index is 12.1. The molecule has 0 spiro atoms. The van der Waals surface area contributed by atoms with Crippen LogP contribution in [0.5, 0.6) is 0 Å². The van der Waals surface area contributed by atoms with Gasteiger partial charge in [0, 0.05) is 0 Å². The molecule has 0 heterocycles. The highest BCUT2D eigenvalue weighted by Gasteiger charge is 2.41. The van der Waals surface area contributed by atoms with Gasteiger partial charge in [0.2, 0.25) is 0 Å². The molecule has 0 aliphatic heterocycles. The molecule has 2 unspecified atom stereocenters. The Morgan fingerprint density at radius 3 is 1.89 bits per heavy atom. The summed E-state index contributed by atoms with van der Waals surface area (Å²) in [4.78, 5) is 12.0. The van der Waals surface area contributed by atoms with Crippen molar-refractivity contribution >= 4 is 5.97 Å². The van der Waals surface area contributed by atoms with E-state index >= 15 is 0 Å². The molecule has 0 saturated heterocycles. The van der Waals surface area contributed by atoms with E-state index in [0.29, 0.717) is 12.3 Å². The number of ether oxygens (including phenoxy) is 1. The second-order valence-electron chi connectivity index (χ2n) is 6.19. The maximum atomic E-state index is 12.1. The van der Waals surface area contributed by atoms with Crippen molar-refractivity contribution in [3.8, 4) is 0 Å². The van der Waals surface area contributed by atoms with Gasteiger partial charge in [-0.15, -0.1) is 0 Å². The predicted molar refractivity (Wildman–Crippen MR) is 68.6 cm³/mol. The summed E-state index contributed by atoms with van der Waals surface area (Å²) in [5.74, 6) is -0.221. The molecular formula is C14H25F3O2. The second kappa shape index (κ2) is 6.62. The predicted octanol–water partition coefficient (Wildman–Crippen LogP) is 4.44. The monoisotopic (exact) mass is 282 g/mol. The number of hydrogen-bond donors (Lipinski definition) is 0. The van der Waals surface area contributed by atoms with Crippen LogP contribution in [0.4, 0.5) is 13.2 Å². The molecule has 0 aromatic carbocycles. The van der Waals surface area contributed by atoms with Gasteiger partial charge in [0.1, 0.15) is 0 Å². The van der Waals surface area contributed by atoms with E-state index in [-0.39, 0.29) is 11.8 Å².